The zero-order valence-corrected chi connectivity index (χ0v) is 11.0. The van der Waals surface area contributed by atoms with Crippen LogP contribution in [0.4, 0.5) is 0 Å². The quantitative estimate of drug-likeness (QED) is 0.739. The first kappa shape index (κ1) is 12.4. The minimum Gasteiger partial charge on any atom is -0.444 e. The molecule has 1 aromatic rings. The summed E-state index contributed by atoms with van der Waals surface area (Å²) in [7, 11) is -0.343. The first-order valence-corrected chi connectivity index (χ1v) is 5.76. The lowest BCUT2D eigenvalue weighted by Crippen LogP contribution is -2.41. The van der Waals surface area contributed by atoms with Crippen LogP contribution in [0.3, 0.4) is 0 Å². The molecule has 0 aromatic carbocycles. The van der Waals surface area contributed by atoms with Gasteiger partial charge in [0.15, 0.2) is 6.39 Å². The summed E-state index contributed by atoms with van der Waals surface area (Å²) in [4.78, 5) is 4.02. The summed E-state index contributed by atoms with van der Waals surface area (Å²) in [5.74, 6) is 2.59. The maximum atomic E-state index is 5.83. The van der Waals surface area contributed by atoms with Crippen LogP contribution in [0, 0.1) is 6.92 Å². The highest BCUT2D eigenvalue weighted by Crippen LogP contribution is 2.37. The third kappa shape index (κ3) is 2.30. The van der Waals surface area contributed by atoms with Crippen molar-refractivity contribution in [2.24, 2.45) is 0 Å². The van der Waals surface area contributed by atoms with E-state index in [4.69, 9.17) is 13.7 Å². The molecule has 5 heteroatoms. The Balaban J connectivity index is 2.08. The molecule has 0 atom stereocenters. The van der Waals surface area contributed by atoms with Crippen molar-refractivity contribution < 1.29 is 13.7 Å². The van der Waals surface area contributed by atoms with Gasteiger partial charge in [-0.2, -0.15) is 0 Å². The predicted molar refractivity (Wildman–Crippen MR) is 66.4 cm³/mol. The van der Waals surface area contributed by atoms with Crippen LogP contribution in [0.5, 0.6) is 0 Å². The van der Waals surface area contributed by atoms with Crippen LogP contribution in [0.15, 0.2) is 16.8 Å². The van der Waals surface area contributed by atoms with Gasteiger partial charge >= 0.3 is 7.12 Å². The van der Waals surface area contributed by atoms with Crippen LogP contribution in [0.25, 0.3) is 6.08 Å². The smallest absolute Gasteiger partial charge is 0.444 e. The largest absolute Gasteiger partial charge is 0.487 e. The second kappa shape index (κ2) is 4.00. The Morgan fingerprint density at radius 2 is 1.76 bits per heavy atom. The SMILES string of the molecule is Cc1ncoc1/C=C/B1OC(C)(C)C(C)(C)O1. The molecule has 1 saturated heterocycles. The van der Waals surface area contributed by atoms with Crippen molar-refractivity contribution in [1.29, 1.82) is 0 Å². The average molecular weight is 235 g/mol. The molecule has 0 bridgehead atoms. The summed E-state index contributed by atoms with van der Waals surface area (Å²) in [6, 6.07) is 0. The fourth-order valence-corrected chi connectivity index (χ4v) is 1.60. The minimum atomic E-state index is -0.343. The van der Waals surface area contributed by atoms with Crippen molar-refractivity contribution >= 4 is 13.2 Å². The number of rotatable bonds is 2. The topological polar surface area (TPSA) is 44.5 Å². The summed E-state index contributed by atoms with van der Waals surface area (Å²) in [6.45, 7) is 10.0. The van der Waals surface area contributed by atoms with Gasteiger partial charge in [-0.1, -0.05) is 5.98 Å². The lowest BCUT2D eigenvalue weighted by atomic mass is 9.90. The number of hydrogen-bond acceptors (Lipinski definition) is 4. The van der Waals surface area contributed by atoms with Crippen LogP contribution in [-0.4, -0.2) is 23.3 Å². The minimum absolute atomic E-state index is 0.307. The number of nitrogens with zero attached hydrogens (tertiary/aromatic N) is 1. The fourth-order valence-electron chi connectivity index (χ4n) is 1.60. The molecule has 0 N–H and O–H groups in total. The van der Waals surface area contributed by atoms with Crippen LogP contribution >= 0.6 is 0 Å². The second-order valence-electron chi connectivity index (χ2n) is 5.29. The molecule has 1 aromatic heterocycles. The lowest BCUT2D eigenvalue weighted by Gasteiger charge is -2.32. The molecular formula is C12H18BNO3. The third-order valence-corrected chi connectivity index (χ3v) is 3.46. The van der Waals surface area contributed by atoms with Gasteiger partial charge in [-0.3, -0.25) is 0 Å². The summed E-state index contributed by atoms with van der Waals surface area (Å²) in [6.07, 6.45) is 3.27. The van der Waals surface area contributed by atoms with E-state index in [2.05, 4.69) is 4.98 Å². The summed E-state index contributed by atoms with van der Waals surface area (Å²) in [5, 5.41) is 0. The van der Waals surface area contributed by atoms with E-state index in [0.29, 0.717) is 0 Å². The van der Waals surface area contributed by atoms with Crippen molar-refractivity contribution in [2.45, 2.75) is 45.8 Å². The van der Waals surface area contributed by atoms with E-state index in [1.807, 2.05) is 46.7 Å². The predicted octanol–water partition coefficient (Wildman–Crippen LogP) is 2.63. The van der Waals surface area contributed by atoms with Gasteiger partial charge in [0, 0.05) is 0 Å². The maximum Gasteiger partial charge on any atom is 0.487 e. The van der Waals surface area contributed by atoms with E-state index in [-0.39, 0.29) is 18.3 Å². The maximum absolute atomic E-state index is 5.83. The molecule has 1 aliphatic rings. The fraction of sp³-hybridized carbons (Fsp3) is 0.583. The summed E-state index contributed by atoms with van der Waals surface area (Å²) in [5.41, 5.74) is 0.245. The van der Waals surface area contributed by atoms with Crippen molar-refractivity contribution in [3.8, 4) is 0 Å². The van der Waals surface area contributed by atoms with Crippen molar-refractivity contribution in [2.75, 3.05) is 0 Å². The Labute approximate surface area is 102 Å². The Morgan fingerprint density at radius 1 is 1.18 bits per heavy atom. The van der Waals surface area contributed by atoms with E-state index < -0.39 is 0 Å². The van der Waals surface area contributed by atoms with Crippen LogP contribution < -0.4 is 0 Å². The Kier molecular flexibility index (Phi) is 2.91. The highest BCUT2D eigenvalue weighted by molar-refractivity contribution is 6.52. The molecule has 0 amide bonds. The van der Waals surface area contributed by atoms with Gasteiger partial charge in [-0.25, -0.2) is 4.98 Å². The van der Waals surface area contributed by atoms with Gasteiger partial charge in [0.05, 0.1) is 16.9 Å². The molecule has 0 spiro atoms. The van der Waals surface area contributed by atoms with E-state index in [1.54, 1.807) is 0 Å². The second-order valence-corrected chi connectivity index (χ2v) is 5.29. The van der Waals surface area contributed by atoms with Gasteiger partial charge in [-0.15, -0.1) is 0 Å². The zero-order chi connectivity index (χ0) is 12.7. The molecule has 0 unspecified atom stereocenters. The van der Waals surface area contributed by atoms with Gasteiger partial charge < -0.3 is 13.7 Å². The summed E-state index contributed by atoms with van der Waals surface area (Å²) < 4.78 is 16.9. The number of aryl methyl sites for hydroxylation is 1. The molecule has 17 heavy (non-hydrogen) atoms. The summed E-state index contributed by atoms with van der Waals surface area (Å²) >= 11 is 0. The molecule has 1 fully saturated rings. The Morgan fingerprint density at radius 3 is 2.24 bits per heavy atom. The first-order valence-electron chi connectivity index (χ1n) is 5.76. The molecule has 4 nitrogen and oxygen atoms in total. The Bertz CT molecular complexity index is 421. The molecule has 0 saturated carbocycles. The molecule has 0 aliphatic carbocycles. The van der Waals surface area contributed by atoms with Crippen molar-refractivity contribution in [1.82, 2.24) is 4.98 Å². The Hall–Kier alpha value is -1.07. The first-order chi connectivity index (χ1) is 7.82. The van der Waals surface area contributed by atoms with E-state index in [1.165, 1.54) is 6.39 Å². The average Bonchev–Trinajstić information content (AvgIpc) is 2.66. The van der Waals surface area contributed by atoms with Crippen LogP contribution in [-0.2, 0) is 9.31 Å². The molecular weight excluding hydrogens is 217 g/mol. The number of hydrogen-bond donors (Lipinski definition) is 0. The lowest BCUT2D eigenvalue weighted by molar-refractivity contribution is 0.00578. The number of oxazole rings is 1. The van der Waals surface area contributed by atoms with Crippen molar-refractivity contribution in [3.63, 3.8) is 0 Å². The molecule has 0 radical (unpaired) electrons. The van der Waals surface area contributed by atoms with E-state index in [9.17, 15) is 0 Å². The number of aromatic nitrogens is 1. The molecule has 2 heterocycles. The van der Waals surface area contributed by atoms with E-state index in [0.717, 1.165) is 11.5 Å². The molecule has 2 rings (SSSR count). The van der Waals surface area contributed by atoms with Gasteiger partial charge in [0.2, 0.25) is 0 Å². The van der Waals surface area contributed by atoms with Crippen LogP contribution in [0.1, 0.15) is 39.1 Å². The van der Waals surface area contributed by atoms with E-state index >= 15 is 0 Å². The van der Waals surface area contributed by atoms with Gasteiger partial charge in [0.25, 0.3) is 0 Å². The highest BCUT2D eigenvalue weighted by Gasteiger charge is 2.50. The monoisotopic (exact) mass is 235 g/mol. The third-order valence-electron chi connectivity index (χ3n) is 3.46. The standard InChI is InChI=1S/C12H18BNO3/c1-9-10(15-8-14-9)6-7-13-16-11(2,3)12(4,5)17-13/h6-8H,1-5H3/b7-6+. The van der Waals surface area contributed by atoms with Crippen LogP contribution in [0.2, 0.25) is 0 Å². The molecule has 92 valence electrons. The normalized spacial score (nSPS) is 22.5. The van der Waals surface area contributed by atoms with Gasteiger partial charge in [-0.05, 0) is 40.7 Å². The van der Waals surface area contributed by atoms with Gasteiger partial charge in [0.1, 0.15) is 5.76 Å². The molecule has 1 aliphatic heterocycles. The van der Waals surface area contributed by atoms with Crippen molar-refractivity contribution in [3.05, 3.63) is 23.8 Å². The zero-order valence-electron chi connectivity index (χ0n) is 11.0. The highest BCUT2D eigenvalue weighted by atomic mass is 16.7.